The van der Waals surface area contributed by atoms with Crippen molar-refractivity contribution in [1.82, 2.24) is 0 Å². The van der Waals surface area contributed by atoms with Crippen LogP contribution in [0.5, 0.6) is 0 Å². The molecule has 0 saturated carbocycles. The van der Waals surface area contributed by atoms with Crippen LogP contribution in [0.25, 0.3) is 0 Å². The zero-order valence-corrected chi connectivity index (χ0v) is 11.8. The highest BCUT2D eigenvalue weighted by Crippen LogP contribution is 2.40. The number of sulfone groups is 1. The summed E-state index contributed by atoms with van der Waals surface area (Å²) in [5.41, 5.74) is 0.156. The van der Waals surface area contributed by atoms with Crippen LogP contribution in [0.1, 0.15) is 0 Å². The molecule has 2 aromatic rings. The topological polar surface area (TPSA) is 61.2 Å². The third kappa shape index (κ3) is 2.05. The first kappa shape index (κ1) is 14.2. The molecule has 110 valence electrons. The highest BCUT2D eigenvalue weighted by Gasteiger charge is 2.33. The molecule has 0 fully saturated rings. The van der Waals surface area contributed by atoms with E-state index >= 15 is 0 Å². The normalized spacial score (nSPS) is 15.7. The Bertz CT molecular complexity index is 946. The minimum absolute atomic E-state index is 0.0676. The molecular weight excluding hydrogens is 310 g/mol. The van der Waals surface area contributed by atoms with Gasteiger partial charge in [0.1, 0.15) is 17.7 Å². The van der Waals surface area contributed by atoms with E-state index in [2.05, 4.69) is 0 Å². The van der Waals surface area contributed by atoms with Crippen LogP contribution in [0.3, 0.4) is 0 Å². The largest absolute Gasteiger partial charge is 0.311 e. The summed E-state index contributed by atoms with van der Waals surface area (Å²) in [6, 6.07) is 10.4. The monoisotopic (exact) mass is 318 g/mol. The average molecular weight is 318 g/mol. The van der Waals surface area contributed by atoms with E-state index in [1.54, 1.807) is 12.1 Å². The molecule has 7 heteroatoms. The van der Waals surface area contributed by atoms with Crippen LogP contribution in [0.15, 0.2) is 58.5 Å². The molecule has 0 spiro atoms. The molecule has 0 aliphatic carbocycles. The number of benzene rings is 2. The third-order valence-electron chi connectivity index (χ3n) is 3.23. The van der Waals surface area contributed by atoms with E-state index < -0.39 is 26.4 Å². The fourth-order valence-electron chi connectivity index (χ4n) is 2.21. The van der Waals surface area contributed by atoms with Crippen LogP contribution in [0.4, 0.5) is 20.2 Å². The van der Waals surface area contributed by atoms with Gasteiger partial charge in [0.15, 0.2) is 4.91 Å². The van der Waals surface area contributed by atoms with Crippen LogP contribution in [-0.4, -0.2) is 8.42 Å². The molecule has 0 atom stereocenters. The van der Waals surface area contributed by atoms with Gasteiger partial charge in [-0.05, 0) is 30.3 Å². The van der Waals surface area contributed by atoms with Gasteiger partial charge in [0.2, 0.25) is 9.84 Å². The summed E-state index contributed by atoms with van der Waals surface area (Å²) in [5.74, 6) is -1.35. The summed E-state index contributed by atoms with van der Waals surface area (Å²) in [6.07, 6.45) is 1.04. The van der Waals surface area contributed by atoms with Crippen LogP contribution in [0.2, 0.25) is 0 Å². The Kier molecular flexibility index (Phi) is 3.19. The molecule has 4 nitrogen and oxygen atoms in total. The molecule has 0 aromatic heterocycles. The van der Waals surface area contributed by atoms with Gasteiger partial charge in [-0.2, -0.15) is 5.26 Å². The summed E-state index contributed by atoms with van der Waals surface area (Å²) in [7, 11) is -4.11. The van der Waals surface area contributed by atoms with Crippen molar-refractivity contribution in [1.29, 1.82) is 5.26 Å². The molecule has 0 bridgehead atoms. The van der Waals surface area contributed by atoms with Gasteiger partial charge in [0.25, 0.3) is 0 Å². The minimum atomic E-state index is -4.11. The van der Waals surface area contributed by atoms with E-state index in [4.69, 9.17) is 5.26 Å². The predicted octanol–water partition coefficient (Wildman–Crippen LogP) is 3.26. The summed E-state index contributed by atoms with van der Waals surface area (Å²) in [4.78, 5) is 0.285. The van der Waals surface area contributed by atoms with E-state index in [1.807, 2.05) is 0 Å². The van der Waals surface area contributed by atoms with Gasteiger partial charge in [-0.15, -0.1) is 0 Å². The molecule has 0 amide bonds. The second-order valence-electron chi connectivity index (χ2n) is 4.54. The summed E-state index contributed by atoms with van der Waals surface area (Å²) in [6.45, 7) is 0. The number of hydrogen-bond donors (Lipinski definition) is 0. The van der Waals surface area contributed by atoms with E-state index in [0.717, 1.165) is 18.3 Å². The number of nitrogens with zero attached hydrogens (tertiary/aromatic N) is 2. The molecule has 1 aliphatic heterocycles. The molecule has 2 aromatic carbocycles. The third-order valence-corrected chi connectivity index (χ3v) is 4.91. The number of fused-ring (bicyclic) bond motifs is 1. The fraction of sp³-hybridized carbons (Fsp3) is 0. The Morgan fingerprint density at radius 3 is 2.45 bits per heavy atom. The van der Waals surface area contributed by atoms with E-state index in [0.29, 0.717) is 0 Å². The standard InChI is InChI=1S/C15H8F2N2O2S/c16-10-5-6-14-15(7-10)22(20,21)11(8-18)9-19(14)13-4-2-1-3-12(13)17/h1-7,9H. The number of nitriles is 1. The number of hydrogen-bond acceptors (Lipinski definition) is 4. The lowest BCUT2D eigenvalue weighted by molar-refractivity contribution is 0.595. The molecule has 1 heterocycles. The lowest BCUT2D eigenvalue weighted by Crippen LogP contribution is -2.22. The lowest BCUT2D eigenvalue weighted by Gasteiger charge is -2.27. The molecule has 1 aliphatic rings. The van der Waals surface area contributed by atoms with Crippen molar-refractivity contribution in [2.75, 3.05) is 4.90 Å². The van der Waals surface area contributed by atoms with Gasteiger partial charge in [-0.1, -0.05) is 12.1 Å². The number of anilines is 2. The van der Waals surface area contributed by atoms with Crippen LogP contribution < -0.4 is 4.90 Å². The first-order valence-electron chi connectivity index (χ1n) is 6.15. The van der Waals surface area contributed by atoms with Gasteiger partial charge in [-0.3, -0.25) is 0 Å². The van der Waals surface area contributed by atoms with Crippen LogP contribution in [0, 0.1) is 23.0 Å². The molecule has 22 heavy (non-hydrogen) atoms. The van der Waals surface area contributed by atoms with Crippen molar-refractivity contribution >= 4 is 21.2 Å². The molecule has 0 radical (unpaired) electrons. The second kappa shape index (κ2) is 4.93. The maximum absolute atomic E-state index is 14.0. The van der Waals surface area contributed by atoms with E-state index in [9.17, 15) is 17.2 Å². The quantitative estimate of drug-likeness (QED) is 0.810. The highest BCUT2D eigenvalue weighted by molar-refractivity contribution is 7.95. The first-order valence-corrected chi connectivity index (χ1v) is 7.64. The van der Waals surface area contributed by atoms with Crippen LogP contribution in [-0.2, 0) is 9.84 Å². The van der Waals surface area contributed by atoms with Gasteiger partial charge >= 0.3 is 0 Å². The zero-order chi connectivity index (χ0) is 15.9. The summed E-state index contributed by atoms with van der Waals surface area (Å²) < 4.78 is 52.0. The number of rotatable bonds is 1. The smallest absolute Gasteiger partial charge is 0.220 e. The number of halogens is 2. The van der Waals surface area contributed by atoms with Gasteiger partial charge in [0, 0.05) is 6.20 Å². The first-order chi connectivity index (χ1) is 10.4. The predicted molar refractivity (Wildman–Crippen MR) is 75.8 cm³/mol. The van der Waals surface area contributed by atoms with Crippen molar-refractivity contribution in [2.45, 2.75) is 4.90 Å². The molecule has 0 saturated heterocycles. The second-order valence-corrected chi connectivity index (χ2v) is 6.43. The van der Waals surface area contributed by atoms with Gasteiger partial charge in [0.05, 0.1) is 16.3 Å². The van der Waals surface area contributed by atoms with Gasteiger partial charge < -0.3 is 4.90 Å². The number of allylic oxidation sites excluding steroid dienone is 1. The lowest BCUT2D eigenvalue weighted by atomic mass is 10.2. The maximum Gasteiger partial charge on any atom is 0.220 e. The molecular formula is C15H8F2N2O2S. The average Bonchev–Trinajstić information content (AvgIpc) is 2.49. The minimum Gasteiger partial charge on any atom is -0.311 e. The van der Waals surface area contributed by atoms with E-state index in [1.165, 1.54) is 29.2 Å². The Balaban J connectivity index is 2.34. The fourth-order valence-corrected chi connectivity index (χ4v) is 3.52. The van der Waals surface area contributed by atoms with Crippen LogP contribution >= 0.6 is 0 Å². The van der Waals surface area contributed by atoms with Crippen molar-refractivity contribution in [3.05, 3.63) is 65.2 Å². The zero-order valence-electron chi connectivity index (χ0n) is 11.0. The summed E-state index contributed by atoms with van der Waals surface area (Å²) >= 11 is 0. The molecule has 3 rings (SSSR count). The molecule has 0 unspecified atom stereocenters. The van der Waals surface area contributed by atoms with Gasteiger partial charge in [-0.25, -0.2) is 17.2 Å². The Morgan fingerprint density at radius 2 is 1.77 bits per heavy atom. The van der Waals surface area contributed by atoms with E-state index in [-0.39, 0.29) is 16.3 Å². The van der Waals surface area contributed by atoms with Crippen molar-refractivity contribution in [3.8, 4) is 6.07 Å². The Morgan fingerprint density at radius 1 is 1.05 bits per heavy atom. The van der Waals surface area contributed by atoms with Crippen molar-refractivity contribution < 1.29 is 17.2 Å². The summed E-state index contributed by atoms with van der Waals surface area (Å²) in [5, 5.41) is 9.04. The maximum atomic E-state index is 14.0. The Labute approximate surface area is 125 Å². The molecule has 0 N–H and O–H groups in total. The number of para-hydroxylation sites is 1. The van der Waals surface area contributed by atoms with Crippen molar-refractivity contribution in [3.63, 3.8) is 0 Å². The van der Waals surface area contributed by atoms with Crippen molar-refractivity contribution in [2.24, 2.45) is 0 Å². The SMILES string of the molecule is N#CC1=CN(c2ccccc2F)c2ccc(F)cc2S1(=O)=O. The Hall–Kier alpha value is -2.72. The highest BCUT2D eigenvalue weighted by atomic mass is 32.2.